The molecule has 0 aliphatic carbocycles. The van der Waals surface area contributed by atoms with Gasteiger partial charge in [-0.2, -0.15) is 0 Å². The van der Waals surface area contributed by atoms with E-state index in [1.165, 1.54) is 5.56 Å². The lowest BCUT2D eigenvalue weighted by Gasteiger charge is -2.25. The molecule has 4 aromatic rings. The van der Waals surface area contributed by atoms with E-state index in [4.69, 9.17) is 16.6 Å². The molecular formula is C30H30ClN3O2. The highest BCUT2D eigenvalue weighted by molar-refractivity contribution is 6.31. The van der Waals surface area contributed by atoms with Gasteiger partial charge in [-0.3, -0.25) is 14.2 Å². The summed E-state index contributed by atoms with van der Waals surface area (Å²) in [6.07, 6.45) is 3.86. The van der Waals surface area contributed by atoms with Crippen LogP contribution in [0.1, 0.15) is 48.2 Å². The Hall–Kier alpha value is -3.44. The number of hydrogen-bond acceptors (Lipinski definition) is 3. The first-order valence-corrected chi connectivity index (χ1v) is 12.9. The summed E-state index contributed by atoms with van der Waals surface area (Å²) in [7, 11) is 0. The summed E-state index contributed by atoms with van der Waals surface area (Å²) < 4.78 is 1.79. The van der Waals surface area contributed by atoms with E-state index < -0.39 is 0 Å². The molecule has 0 spiro atoms. The number of fused-ring (bicyclic) bond motifs is 1. The maximum absolute atomic E-state index is 13.4. The standard InChI is InChI=1S/C30H30ClN3O2/c1-21-10-12-23(13-11-21)19-33-25(15-17-29(33)35)8-5-9-28-32-27-18-24(31)14-16-26(27)30(36)34(28)20-22-6-3-2-4-7-22/h2-4,6-7,10-14,16,18,25H,5,8-9,15,17,19-20H2,1H3. The van der Waals surface area contributed by atoms with E-state index in [9.17, 15) is 9.59 Å². The smallest absolute Gasteiger partial charge is 0.261 e. The maximum atomic E-state index is 13.4. The van der Waals surface area contributed by atoms with Crippen LogP contribution in [-0.2, 0) is 24.3 Å². The van der Waals surface area contributed by atoms with Crippen LogP contribution in [0.25, 0.3) is 10.9 Å². The van der Waals surface area contributed by atoms with E-state index in [0.29, 0.717) is 41.9 Å². The normalized spacial score (nSPS) is 15.7. The van der Waals surface area contributed by atoms with Crippen LogP contribution < -0.4 is 5.56 Å². The van der Waals surface area contributed by atoms with E-state index in [2.05, 4.69) is 31.2 Å². The Morgan fingerprint density at radius 3 is 2.47 bits per heavy atom. The van der Waals surface area contributed by atoms with Crippen LogP contribution in [0.15, 0.2) is 77.6 Å². The van der Waals surface area contributed by atoms with Gasteiger partial charge in [0.15, 0.2) is 0 Å². The lowest BCUT2D eigenvalue weighted by Crippen LogP contribution is -2.32. The lowest BCUT2D eigenvalue weighted by molar-refractivity contribution is -0.129. The Morgan fingerprint density at radius 1 is 0.944 bits per heavy atom. The summed E-state index contributed by atoms with van der Waals surface area (Å²) in [5.74, 6) is 0.980. The number of rotatable bonds is 8. The van der Waals surface area contributed by atoms with Gasteiger partial charge in [-0.1, -0.05) is 71.8 Å². The summed E-state index contributed by atoms with van der Waals surface area (Å²) in [4.78, 5) is 32.9. The summed E-state index contributed by atoms with van der Waals surface area (Å²) in [5, 5.41) is 1.14. The van der Waals surface area contributed by atoms with E-state index in [-0.39, 0.29) is 17.5 Å². The zero-order valence-electron chi connectivity index (χ0n) is 20.5. The molecule has 36 heavy (non-hydrogen) atoms. The van der Waals surface area contributed by atoms with Crippen LogP contribution in [-0.4, -0.2) is 26.4 Å². The van der Waals surface area contributed by atoms with Crippen molar-refractivity contribution in [3.8, 4) is 0 Å². The molecule has 1 fully saturated rings. The van der Waals surface area contributed by atoms with E-state index in [0.717, 1.165) is 36.2 Å². The average Bonchev–Trinajstić information content (AvgIpc) is 3.22. The van der Waals surface area contributed by atoms with Crippen molar-refractivity contribution in [2.45, 2.75) is 58.2 Å². The molecular weight excluding hydrogens is 470 g/mol. The summed E-state index contributed by atoms with van der Waals surface area (Å²) in [5.41, 5.74) is 4.01. The maximum Gasteiger partial charge on any atom is 0.261 e. The first kappa shape index (κ1) is 24.3. The topological polar surface area (TPSA) is 55.2 Å². The van der Waals surface area contributed by atoms with Crippen LogP contribution in [0.4, 0.5) is 0 Å². The molecule has 6 heteroatoms. The third-order valence-electron chi connectivity index (χ3n) is 7.04. The number of amides is 1. The number of aryl methyl sites for hydroxylation is 2. The molecule has 1 aliphatic heterocycles. The molecule has 184 valence electrons. The summed E-state index contributed by atoms with van der Waals surface area (Å²) in [6, 6.07) is 23.8. The van der Waals surface area contributed by atoms with Gasteiger partial charge in [0.25, 0.3) is 5.56 Å². The monoisotopic (exact) mass is 499 g/mol. The largest absolute Gasteiger partial charge is 0.335 e. The molecule has 0 radical (unpaired) electrons. The number of halogens is 1. The highest BCUT2D eigenvalue weighted by Gasteiger charge is 2.30. The second kappa shape index (κ2) is 10.7. The molecule has 0 N–H and O–H groups in total. The fraction of sp³-hybridized carbons (Fsp3) is 0.300. The van der Waals surface area contributed by atoms with Gasteiger partial charge in [0.1, 0.15) is 5.82 Å². The molecule has 0 saturated carbocycles. The van der Waals surface area contributed by atoms with Gasteiger partial charge in [0.05, 0.1) is 17.4 Å². The van der Waals surface area contributed by atoms with Gasteiger partial charge in [-0.15, -0.1) is 0 Å². The average molecular weight is 500 g/mol. The second-order valence-corrected chi connectivity index (χ2v) is 10.1. The number of carbonyl (C=O) groups is 1. The van der Waals surface area contributed by atoms with E-state index in [1.54, 1.807) is 22.8 Å². The van der Waals surface area contributed by atoms with Crippen LogP contribution in [0.2, 0.25) is 5.02 Å². The molecule has 0 bridgehead atoms. The summed E-state index contributed by atoms with van der Waals surface area (Å²) >= 11 is 6.20. The number of benzene rings is 3. The Kier molecular flexibility index (Phi) is 7.19. The van der Waals surface area contributed by atoms with Crippen molar-refractivity contribution in [2.24, 2.45) is 0 Å². The third kappa shape index (κ3) is 5.36. The van der Waals surface area contributed by atoms with Crippen molar-refractivity contribution in [1.82, 2.24) is 14.5 Å². The summed E-state index contributed by atoms with van der Waals surface area (Å²) in [6.45, 7) is 3.19. The molecule has 5 nitrogen and oxygen atoms in total. The van der Waals surface area contributed by atoms with Gasteiger partial charge < -0.3 is 4.90 Å². The SMILES string of the molecule is Cc1ccc(CN2C(=O)CCC2CCCc2nc3cc(Cl)ccc3c(=O)n2Cc2ccccc2)cc1. The van der Waals surface area contributed by atoms with Crippen LogP contribution >= 0.6 is 11.6 Å². The first-order chi connectivity index (χ1) is 17.5. The molecule has 1 unspecified atom stereocenters. The molecule has 1 amide bonds. The van der Waals surface area contributed by atoms with Crippen LogP contribution in [0.3, 0.4) is 0 Å². The molecule has 2 heterocycles. The molecule has 1 aliphatic rings. The Labute approximate surface area is 216 Å². The molecule has 5 rings (SSSR count). The Bertz CT molecular complexity index is 1430. The Balaban J connectivity index is 1.35. The molecule has 1 aromatic heterocycles. The number of likely N-dealkylation sites (tertiary alicyclic amines) is 1. The van der Waals surface area contributed by atoms with Gasteiger partial charge in [-0.25, -0.2) is 4.98 Å². The Morgan fingerprint density at radius 2 is 1.69 bits per heavy atom. The zero-order chi connectivity index (χ0) is 25.1. The number of aromatic nitrogens is 2. The zero-order valence-corrected chi connectivity index (χ0v) is 21.2. The minimum atomic E-state index is -0.0486. The first-order valence-electron chi connectivity index (χ1n) is 12.6. The minimum Gasteiger partial charge on any atom is -0.335 e. The highest BCUT2D eigenvalue weighted by Crippen LogP contribution is 2.26. The van der Waals surface area contributed by atoms with Crippen molar-refractivity contribution in [3.63, 3.8) is 0 Å². The van der Waals surface area contributed by atoms with E-state index >= 15 is 0 Å². The second-order valence-electron chi connectivity index (χ2n) is 9.66. The van der Waals surface area contributed by atoms with Gasteiger partial charge >= 0.3 is 0 Å². The third-order valence-corrected chi connectivity index (χ3v) is 7.28. The fourth-order valence-corrected chi connectivity index (χ4v) is 5.22. The lowest BCUT2D eigenvalue weighted by atomic mass is 10.1. The van der Waals surface area contributed by atoms with Crippen molar-refractivity contribution in [1.29, 1.82) is 0 Å². The predicted molar refractivity (Wildman–Crippen MR) is 144 cm³/mol. The highest BCUT2D eigenvalue weighted by atomic mass is 35.5. The van der Waals surface area contributed by atoms with Crippen LogP contribution in [0.5, 0.6) is 0 Å². The molecule has 1 atom stereocenters. The minimum absolute atomic E-state index is 0.0486. The molecule has 1 saturated heterocycles. The van der Waals surface area contributed by atoms with Crippen molar-refractivity contribution in [3.05, 3.63) is 111 Å². The quantitative estimate of drug-likeness (QED) is 0.302. The fourth-order valence-electron chi connectivity index (χ4n) is 5.06. The van der Waals surface area contributed by atoms with Gasteiger partial charge in [0, 0.05) is 30.5 Å². The van der Waals surface area contributed by atoms with Crippen molar-refractivity contribution in [2.75, 3.05) is 0 Å². The number of hydrogen-bond donors (Lipinski definition) is 0. The number of carbonyl (C=O) groups excluding carboxylic acids is 1. The van der Waals surface area contributed by atoms with Crippen molar-refractivity contribution < 1.29 is 4.79 Å². The van der Waals surface area contributed by atoms with Gasteiger partial charge in [0.2, 0.25) is 5.91 Å². The van der Waals surface area contributed by atoms with E-state index in [1.807, 2.05) is 35.2 Å². The van der Waals surface area contributed by atoms with Crippen molar-refractivity contribution >= 4 is 28.4 Å². The predicted octanol–water partition coefficient (Wildman–Crippen LogP) is 5.92. The molecule has 3 aromatic carbocycles. The van der Waals surface area contributed by atoms with Crippen LogP contribution in [0, 0.1) is 6.92 Å². The van der Waals surface area contributed by atoms with Gasteiger partial charge in [-0.05, 0) is 55.5 Å². The number of nitrogens with zero attached hydrogens (tertiary/aromatic N) is 3.